The number of benzene rings is 1. The fourth-order valence-corrected chi connectivity index (χ4v) is 2.68. The van der Waals surface area contributed by atoms with E-state index in [0.717, 1.165) is 10.2 Å². The van der Waals surface area contributed by atoms with Gasteiger partial charge in [-0.2, -0.15) is 0 Å². The minimum Gasteiger partial charge on any atom is -0.370 e. The van der Waals surface area contributed by atoms with Crippen molar-refractivity contribution in [2.75, 3.05) is 5.32 Å². The van der Waals surface area contributed by atoms with Crippen LogP contribution in [0.5, 0.6) is 0 Å². The van der Waals surface area contributed by atoms with Crippen molar-refractivity contribution in [2.24, 2.45) is 10.7 Å². The molecule has 0 unspecified atom stereocenters. The minimum absolute atomic E-state index is 0. The molecule has 0 saturated carbocycles. The number of halogens is 2. The monoisotopic (exact) mass is 437 g/mol. The molecule has 1 aromatic carbocycles. The van der Waals surface area contributed by atoms with Crippen LogP contribution in [0.15, 0.2) is 51.2 Å². The van der Waals surface area contributed by atoms with Gasteiger partial charge < -0.3 is 11.1 Å². The number of para-hydroxylation sites is 1. The van der Waals surface area contributed by atoms with Gasteiger partial charge in [0.2, 0.25) is 0 Å². The Labute approximate surface area is 136 Å². The first kappa shape index (κ1) is 15.5. The normalized spacial score (nSPS) is 10.8. The Bertz CT molecular complexity index is 513. The van der Waals surface area contributed by atoms with Gasteiger partial charge in [0.05, 0.1) is 6.54 Å². The molecule has 0 amide bonds. The third kappa shape index (κ3) is 4.95. The highest BCUT2D eigenvalue weighted by Crippen LogP contribution is 2.20. The molecule has 0 saturated heterocycles. The summed E-state index contributed by atoms with van der Waals surface area (Å²) in [5.41, 5.74) is 6.74. The van der Waals surface area contributed by atoms with E-state index in [4.69, 9.17) is 5.73 Å². The molecule has 2 rings (SSSR count). The molecule has 0 radical (unpaired) electrons. The van der Waals surface area contributed by atoms with E-state index in [2.05, 4.69) is 26.2 Å². The standard InChI is InChI=1S/C12H12BrN3S.HI/c13-9-6-11(17-8-9)7-15-12(14)16-10-4-2-1-3-5-10;/h1-6,8H,7H2,(H3,14,15,16);1H. The summed E-state index contributed by atoms with van der Waals surface area (Å²) in [6, 6.07) is 11.8. The van der Waals surface area contributed by atoms with Crippen LogP contribution in [0.3, 0.4) is 0 Å². The van der Waals surface area contributed by atoms with Crippen molar-refractivity contribution in [3.8, 4) is 0 Å². The maximum atomic E-state index is 5.79. The highest BCUT2D eigenvalue weighted by atomic mass is 127. The molecule has 3 N–H and O–H groups in total. The lowest BCUT2D eigenvalue weighted by molar-refractivity contribution is 1.09. The molecule has 2 aromatic rings. The summed E-state index contributed by atoms with van der Waals surface area (Å²) in [6.07, 6.45) is 0. The fraction of sp³-hybridized carbons (Fsp3) is 0.0833. The second-order valence-electron chi connectivity index (χ2n) is 3.42. The molecule has 6 heteroatoms. The molecule has 0 aliphatic carbocycles. The number of aliphatic imine (C=N–C) groups is 1. The van der Waals surface area contributed by atoms with Crippen molar-refractivity contribution in [1.82, 2.24) is 0 Å². The summed E-state index contributed by atoms with van der Waals surface area (Å²) in [5.74, 6) is 0.431. The van der Waals surface area contributed by atoms with Crippen LogP contribution in [0.1, 0.15) is 4.88 Å². The average Bonchev–Trinajstić information content (AvgIpc) is 2.74. The first-order chi connectivity index (χ1) is 8.24. The Morgan fingerprint density at radius 3 is 2.67 bits per heavy atom. The van der Waals surface area contributed by atoms with Crippen LogP contribution in [-0.2, 0) is 6.54 Å². The van der Waals surface area contributed by atoms with Gasteiger partial charge in [-0.05, 0) is 34.1 Å². The minimum atomic E-state index is 0. The lowest BCUT2D eigenvalue weighted by Gasteiger charge is -2.04. The van der Waals surface area contributed by atoms with Crippen molar-refractivity contribution in [2.45, 2.75) is 6.54 Å². The Morgan fingerprint density at radius 1 is 1.33 bits per heavy atom. The van der Waals surface area contributed by atoms with Crippen molar-refractivity contribution in [3.05, 3.63) is 51.1 Å². The van der Waals surface area contributed by atoms with Gasteiger partial charge >= 0.3 is 0 Å². The molecule has 1 heterocycles. The van der Waals surface area contributed by atoms with Gasteiger partial charge in [-0.25, -0.2) is 4.99 Å². The fourth-order valence-electron chi connectivity index (χ4n) is 1.31. The second-order valence-corrected chi connectivity index (χ2v) is 5.34. The molecule has 0 bridgehead atoms. The summed E-state index contributed by atoms with van der Waals surface area (Å²) in [4.78, 5) is 5.45. The van der Waals surface area contributed by atoms with Crippen molar-refractivity contribution >= 4 is 62.9 Å². The third-order valence-corrected chi connectivity index (χ3v) is 3.76. The molecule has 0 atom stereocenters. The summed E-state index contributed by atoms with van der Waals surface area (Å²) in [6.45, 7) is 0.599. The highest BCUT2D eigenvalue weighted by molar-refractivity contribution is 14.0. The molecule has 96 valence electrons. The van der Waals surface area contributed by atoms with Gasteiger partial charge in [-0.15, -0.1) is 35.3 Å². The number of anilines is 1. The first-order valence-corrected chi connectivity index (χ1v) is 6.76. The number of guanidine groups is 1. The second kappa shape index (κ2) is 7.75. The van der Waals surface area contributed by atoms with Crippen LogP contribution in [0, 0.1) is 0 Å². The lowest BCUT2D eigenvalue weighted by atomic mass is 10.3. The number of hydrogen-bond acceptors (Lipinski definition) is 2. The Balaban J connectivity index is 0.00000162. The molecule has 1 aromatic heterocycles. The van der Waals surface area contributed by atoms with Crippen LogP contribution < -0.4 is 11.1 Å². The topological polar surface area (TPSA) is 50.4 Å². The molecular weight excluding hydrogens is 425 g/mol. The van der Waals surface area contributed by atoms with Crippen LogP contribution in [0.25, 0.3) is 0 Å². The lowest BCUT2D eigenvalue weighted by Crippen LogP contribution is -2.22. The van der Waals surface area contributed by atoms with Crippen LogP contribution in [0.4, 0.5) is 5.69 Å². The number of nitrogens with two attached hydrogens (primary N) is 1. The molecule has 18 heavy (non-hydrogen) atoms. The SMILES string of the molecule is I.NC(=NCc1cc(Br)cs1)Nc1ccccc1. The average molecular weight is 438 g/mol. The first-order valence-electron chi connectivity index (χ1n) is 5.09. The summed E-state index contributed by atoms with van der Waals surface area (Å²) < 4.78 is 1.09. The molecule has 0 aliphatic rings. The highest BCUT2D eigenvalue weighted by Gasteiger charge is 1.97. The number of nitrogens with zero attached hydrogens (tertiary/aromatic N) is 1. The van der Waals surface area contributed by atoms with Gasteiger partial charge in [-0.3, -0.25) is 0 Å². The van der Waals surface area contributed by atoms with Gasteiger partial charge in [0.1, 0.15) is 0 Å². The predicted molar refractivity (Wildman–Crippen MR) is 92.8 cm³/mol. The van der Waals surface area contributed by atoms with E-state index >= 15 is 0 Å². The molecule has 3 nitrogen and oxygen atoms in total. The van der Waals surface area contributed by atoms with Crippen molar-refractivity contribution in [1.29, 1.82) is 0 Å². The Kier molecular flexibility index (Phi) is 6.66. The number of nitrogens with one attached hydrogen (secondary N) is 1. The van der Waals surface area contributed by atoms with E-state index in [1.54, 1.807) is 11.3 Å². The maximum absolute atomic E-state index is 5.79. The smallest absolute Gasteiger partial charge is 0.193 e. The van der Waals surface area contributed by atoms with Crippen molar-refractivity contribution < 1.29 is 0 Å². The van der Waals surface area contributed by atoms with E-state index in [-0.39, 0.29) is 24.0 Å². The van der Waals surface area contributed by atoms with Crippen LogP contribution in [0.2, 0.25) is 0 Å². The molecule has 0 aliphatic heterocycles. The molecular formula is C12H13BrIN3S. The largest absolute Gasteiger partial charge is 0.370 e. The van der Waals surface area contributed by atoms with Gasteiger partial charge in [-0.1, -0.05) is 18.2 Å². The Morgan fingerprint density at radius 2 is 2.06 bits per heavy atom. The summed E-state index contributed by atoms with van der Waals surface area (Å²) >= 11 is 5.07. The van der Waals surface area contributed by atoms with Gasteiger partial charge in [0.15, 0.2) is 5.96 Å². The number of hydrogen-bond donors (Lipinski definition) is 2. The zero-order valence-electron chi connectivity index (χ0n) is 9.47. The van der Waals surface area contributed by atoms with Crippen LogP contribution in [-0.4, -0.2) is 5.96 Å². The molecule has 0 spiro atoms. The quantitative estimate of drug-likeness (QED) is 0.432. The Hall–Kier alpha value is -0.600. The summed E-state index contributed by atoms with van der Waals surface area (Å²) in [5, 5.41) is 5.07. The zero-order valence-corrected chi connectivity index (χ0v) is 14.2. The maximum Gasteiger partial charge on any atom is 0.193 e. The molecule has 0 fully saturated rings. The van der Waals surface area contributed by atoms with Gasteiger partial charge in [0, 0.05) is 20.4 Å². The van der Waals surface area contributed by atoms with Gasteiger partial charge in [0.25, 0.3) is 0 Å². The van der Waals surface area contributed by atoms with E-state index in [1.165, 1.54) is 4.88 Å². The van der Waals surface area contributed by atoms with E-state index in [9.17, 15) is 0 Å². The zero-order chi connectivity index (χ0) is 12.1. The number of rotatable bonds is 3. The van der Waals surface area contributed by atoms with E-state index < -0.39 is 0 Å². The summed E-state index contributed by atoms with van der Waals surface area (Å²) in [7, 11) is 0. The van der Waals surface area contributed by atoms with E-state index in [1.807, 2.05) is 41.8 Å². The van der Waals surface area contributed by atoms with Crippen LogP contribution >= 0.6 is 51.2 Å². The third-order valence-electron chi connectivity index (χ3n) is 2.07. The van der Waals surface area contributed by atoms with E-state index in [0.29, 0.717) is 12.5 Å². The predicted octanol–water partition coefficient (Wildman–Crippen LogP) is 4.06. The van der Waals surface area contributed by atoms with Crippen molar-refractivity contribution in [3.63, 3.8) is 0 Å². The number of thiophene rings is 1.